The number of methoxy groups -OCH3 is 1. The summed E-state index contributed by atoms with van der Waals surface area (Å²) in [5, 5.41) is 3.25. The Morgan fingerprint density at radius 2 is 1.92 bits per heavy atom. The molecule has 0 fully saturated rings. The highest BCUT2D eigenvalue weighted by Gasteiger charge is 2.14. The molecular formula is C21H19N3O2. The molecule has 130 valence electrons. The Morgan fingerprint density at radius 1 is 1.12 bits per heavy atom. The number of aromatic amines is 2. The monoisotopic (exact) mass is 345 g/mol. The van der Waals surface area contributed by atoms with Crippen molar-refractivity contribution in [1.29, 1.82) is 0 Å². The van der Waals surface area contributed by atoms with E-state index in [2.05, 4.69) is 28.0 Å². The van der Waals surface area contributed by atoms with Crippen molar-refractivity contribution in [2.75, 3.05) is 7.11 Å². The summed E-state index contributed by atoms with van der Waals surface area (Å²) in [7, 11) is 1.63. The van der Waals surface area contributed by atoms with Gasteiger partial charge in [0.2, 0.25) is 0 Å². The van der Waals surface area contributed by atoms with Crippen molar-refractivity contribution in [2.24, 2.45) is 4.99 Å². The third kappa shape index (κ3) is 2.58. The molecule has 0 aliphatic carbocycles. The van der Waals surface area contributed by atoms with Gasteiger partial charge in [-0.3, -0.25) is 4.79 Å². The van der Waals surface area contributed by atoms with E-state index in [4.69, 9.17) is 4.74 Å². The Kier molecular flexibility index (Phi) is 3.84. The fraction of sp³-hybridized carbons (Fsp3) is 0.143. The molecule has 2 aromatic heterocycles. The summed E-state index contributed by atoms with van der Waals surface area (Å²) in [5.41, 5.74) is 4.50. The number of carbonyl (C=O) groups is 1. The van der Waals surface area contributed by atoms with E-state index in [1.807, 2.05) is 43.3 Å². The molecular weight excluding hydrogens is 326 g/mol. The van der Waals surface area contributed by atoms with Gasteiger partial charge in [-0.15, -0.1) is 0 Å². The molecule has 0 unspecified atom stereocenters. The highest BCUT2D eigenvalue weighted by molar-refractivity contribution is 6.17. The fourth-order valence-electron chi connectivity index (χ4n) is 3.33. The summed E-state index contributed by atoms with van der Waals surface area (Å²) in [6.45, 7) is 4.08. The van der Waals surface area contributed by atoms with Gasteiger partial charge in [-0.05, 0) is 37.6 Å². The molecule has 0 radical (unpaired) electrons. The number of aromatic nitrogens is 2. The van der Waals surface area contributed by atoms with E-state index < -0.39 is 0 Å². The minimum absolute atomic E-state index is 0.586. The number of nitrogens with zero attached hydrogens (tertiary/aromatic N) is 1. The number of fused-ring (bicyclic) bond motifs is 1. The first kappa shape index (κ1) is 16.1. The van der Waals surface area contributed by atoms with Crippen LogP contribution >= 0.6 is 0 Å². The third-order valence-corrected chi connectivity index (χ3v) is 4.56. The maximum Gasteiger partial charge on any atom is 0.152 e. The van der Waals surface area contributed by atoms with Gasteiger partial charge in [-0.1, -0.05) is 18.2 Å². The van der Waals surface area contributed by atoms with Gasteiger partial charge in [-0.25, -0.2) is 4.99 Å². The minimum Gasteiger partial charge on any atom is -0.494 e. The van der Waals surface area contributed by atoms with Gasteiger partial charge in [0, 0.05) is 22.7 Å². The number of hydrogen-bond donors (Lipinski definition) is 2. The van der Waals surface area contributed by atoms with Gasteiger partial charge in [0.15, 0.2) is 6.29 Å². The lowest BCUT2D eigenvalue weighted by Gasteiger charge is -1.94. The standard InChI is InChI=1S/C21H19N3O2/c1-12-8-13(2)22-17(12)9-18-20(26-3)10-19(23-18)21-15(11-25)14-6-4-5-7-16(14)24-21/h4-11,22-23H,1-3H3. The normalized spacial score (nSPS) is 15.8. The number of hydrogen-bond acceptors (Lipinski definition) is 3. The van der Waals surface area contributed by atoms with Crippen LogP contribution in [-0.4, -0.2) is 23.4 Å². The van der Waals surface area contributed by atoms with Crippen molar-refractivity contribution < 1.29 is 9.53 Å². The van der Waals surface area contributed by atoms with Crippen LogP contribution in [0, 0.1) is 13.8 Å². The zero-order chi connectivity index (χ0) is 18.3. The predicted molar refractivity (Wildman–Crippen MR) is 101 cm³/mol. The summed E-state index contributed by atoms with van der Waals surface area (Å²) < 4.78 is 5.52. The second-order valence-corrected chi connectivity index (χ2v) is 6.37. The topological polar surface area (TPSA) is 70.2 Å². The molecule has 3 heterocycles. The van der Waals surface area contributed by atoms with Gasteiger partial charge in [0.1, 0.15) is 5.75 Å². The molecule has 0 amide bonds. The number of benzene rings is 1. The second kappa shape index (κ2) is 6.19. The largest absolute Gasteiger partial charge is 0.494 e. The Labute approximate surface area is 150 Å². The summed E-state index contributed by atoms with van der Waals surface area (Å²) in [6.07, 6.45) is 2.87. The third-order valence-electron chi connectivity index (χ3n) is 4.56. The SMILES string of the molecule is COc1cc(=C2N=c3ccccc3=C2C=O)[nH]c1=Cc1[nH]c(C)cc1C. The van der Waals surface area contributed by atoms with Gasteiger partial charge < -0.3 is 14.7 Å². The van der Waals surface area contributed by atoms with E-state index in [-0.39, 0.29) is 0 Å². The zero-order valence-corrected chi connectivity index (χ0v) is 14.9. The van der Waals surface area contributed by atoms with Crippen molar-refractivity contribution in [3.8, 4) is 5.75 Å². The van der Waals surface area contributed by atoms with Crippen LogP contribution in [-0.2, 0) is 4.79 Å². The average Bonchev–Trinajstić information content (AvgIpc) is 3.29. The first-order chi connectivity index (χ1) is 12.6. The Morgan fingerprint density at radius 3 is 2.62 bits per heavy atom. The lowest BCUT2D eigenvalue weighted by Crippen LogP contribution is -2.22. The molecule has 4 rings (SSSR count). The Balaban J connectivity index is 2.00. The molecule has 0 bridgehead atoms. The number of aryl methyl sites for hydroxylation is 2. The van der Waals surface area contributed by atoms with Crippen molar-refractivity contribution in [2.45, 2.75) is 13.8 Å². The lowest BCUT2D eigenvalue weighted by atomic mass is 10.1. The van der Waals surface area contributed by atoms with E-state index >= 15 is 0 Å². The Hall–Kier alpha value is -3.34. The molecule has 0 atom stereocenters. The highest BCUT2D eigenvalue weighted by atomic mass is 16.5. The van der Waals surface area contributed by atoms with Crippen LogP contribution < -0.4 is 26.0 Å². The highest BCUT2D eigenvalue weighted by Crippen LogP contribution is 2.13. The van der Waals surface area contributed by atoms with Crippen molar-refractivity contribution >= 4 is 23.6 Å². The van der Waals surface area contributed by atoms with Gasteiger partial charge in [0.25, 0.3) is 0 Å². The van der Waals surface area contributed by atoms with Crippen LogP contribution in [0.4, 0.5) is 0 Å². The first-order valence-corrected chi connectivity index (χ1v) is 8.39. The number of para-hydroxylation sites is 1. The van der Waals surface area contributed by atoms with Crippen molar-refractivity contribution in [1.82, 2.24) is 9.97 Å². The van der Waals surface area contributed by atoms with Crippen LogP contribution in [0.2, 0.25) is 0 Å². The molecule has 26 heavy (non-hydrogen) atoms. The van der Waals surface area contributed by atoms with Crippen LogP contribution in [0.1, 0.15) is 17.0 Å². The van der Waals surface area contributed by atoms with Gasteiger partial charge >= 0.3 is 0 Å². The number of nitrogens with one attached hydrogen (secondary N) is 2. The summed E-state index contributed by atoms with van der Waals surface area (Å²) >= 11 is 0. The maximum absolute atomic E-state index is 11.7. The van der Waals surface area contributed by atoms with Gasteiger partial charge in [0.05, 0.1) is 34.4 Å². The fourth-order valence-corrected chi connectivity index (χ4v) is 3.33. The average molecular weight is 345 g/mol. The van der Waals surface area contributed by atoms with Gasteiger partial charge in [-0.2, -0.15) is 0 Å². The van der Waals surface area contributed by atoms with Crippen LogP contribution in [0.15, 0.2) is 41.4 Å². The molecule has 1 aliphatic heterocycles. The summed E-state index contributed by atoms with van der Waals surface area (Å²) in [6, 6.07) is 11.6. The van der Waals surface area contributed by atoms with E-state index in [1.165, 1.54) is 0 Å². The molecule has 3 aromatic rings. The quantitative estimate of drug-likeness (QED) is 0.682. The zero-order valence-electron chi connectivity index (χ0n) is 14.9. The van der Waals surface area contributed by atoms with E-state index in [9.17, 15) is 4.79 Å². The summed E-state index contributed by atoms with van der Waals surface area (Å²) in [4.78, 5) is 23.0. The molecule has 2 N–H and O–H groups in total. The maximum atomic E-state index is 11.7. The number of carbonyl (C=O) groups excluding carboxylic acids is 1. The molecule has 1 aliphatic rings. The van der Waals surface area contributed by atoms with E-state index in [0.29, 0.717) is 17.0 Å². The molecule has 0 saturated heterocycles. The molecule has 5 heteroatoms. The first-order valence-electron chi connectivity index (χ1n) is 8.39. The van der Waals surface area contributed by atoms with Crippen LogP contribution in [0.5, 0.6) is 5.75 Å². The minimum atomic E-state index is 0.586. The molecule has 1 aromatic carbocycles. The number of aldehydes is 1. The van der Waals surface area contributed by atoms with E-state index in [0.717, 1.165) is 44.5 Å². The van der Waals surface area contributed by atoms with Crippen LogP contribution in [0.3, 0.4) is 0 Å². The summed E-state index contributed by atoms with van der Waals surface area (Å²) in [5.74, 6) is 0.704. The molecule has 0 spiro atoms. The number of rotatable bonds is 3. The Bertz CT molecular complexity index is 1260. The number of H-pyrrole nitrogens is 2. The predicted octanol–water partition coefficient (Wildman–Crippen LogP) is 0.588. The van der Waals surface area contributed by atoms with Crippen molar-refractivity contribution in [3.63, 3.8) is 0 Å². The lowest BCUT2D eigenvalue weighted by molar-refractivity contribution is -0.103. The smallest absolute Gasteiger partial charge is 0.152 e. The van der Waals surface area contributed by atoms with Crippen LogP contribution in [0.25, 0.3) is 17.3 Å². The molecule has 0 saturated carbocycles. The van der Waals surface area contributed by atoms with E-state index in [1.54, 1.807) is 7.11 Å². The molecule has 5 nitrogen and oxygen atoms in total. The second-order valence-electron chi connectivity index (χ2n) is 6.37. The number of ether oxygens (including phenoxy) is 1. The van der Waals surface area contributed by atoms with Crippen molar-refractivity contribution in [3.05, 3.63) is 74.6 Å².